The lowest BCUT2D eigenvalue weighted by atomic mass is 10.2. The second-order valence-corrected chi connectivity index (χ2v) is 8.74. The number of ether oxygens (including phenoxy) is 2. The van der Waals surface area contributed by atoms with Crippen molar-refractivity contribution in [1.29, 1.82) is 0 Å². The fourth-order valence-corrected chi connectivity index (χ4v) is 4.52. The summed E-state index contributed by atoms with van der Waals surface area (Å²) in [6, 6.07) is 15.2. The lowest BCUT2D eigenvalue weighted by Crippen LogP contribution is -2.17. The van der Waals surface area contributed by atoms with E-state index in [9.17, 15) is 13.2 Å². The molecule has 3 aromatic carbocycles. The average Bonchev–Trinajstić information content (AvgIpc) is 2.74. The van der Waals surface area contributed by atoms with Gasteiger partial charge in [0.25, 0.3) is 15.9 Å². The Kier molecular flexibility index (Phi) is 6.94. The van der Waals surface area contributed by atoms with Gasteiger partial charge in [-0.3, -0.25) is 9.52 Å². The van der Waals surface area contributed by atoms with Crippen molar-refractivity contribution in [3.63, 3.8) is 0 Å². The highest BCUT2D eigenvalue weighted by molar-refractivity contribution is 7.92. The highest BCUT2D eigenvalue weighted by atomic mass is 35.5. The Morgan fingerprint density at radius 2 is 1.55 bits per heavy atom. The Morgan fingerprint density at radius 3 is 2.26 bits per heavy atom. The normalized spacial score (nSPS) is 11.0. The maximum absolute atomic E-state index is 12.9. The van der Waals surface area contributed by atoms with Crippen molar-refractivity contribution in [3.05, 3.63) is 76.3 Å². The van der Waals surface area contributed by atoms with Crippen molar-refractivity contribution in [2.75, 3.05) is 24.3 Å². The Bertz CT molecular complexity index is 1230. The van der Waals surface area contributed by atoms with E-state index in [1.54, 1.807) is 36.4 Å². The molecule has 10 heteroatoms. The molecule has 0 bridgehead atoms. The van der Waals surface area contributed by atoms with Crippen molar-refractivity contribution >= 4 is 50.5 Å². The summed E-state index contributed by atoms with van der Waals surface area (Å²) >= 11 is 12.1. The Balaban J connectivity index is 1.92. The molecule has 1 amide bonds. The molecule has 3 aromatic rings. The number of para-hydroxylation sites is 2. The summed E-state index contributed by atoms with van der Waals surface area (Å²) in [4.78, 5) is 12.5. The van der Waals surface area contributed by atoms with E-state index >= 15 is 0 Å². The van der Waals surface area contributed by atoms with Gasteiger partial charge in [0.1, 0.15) is 16.4 Å². The van der Waals surface area contributed by atoms with Gasteiger partial charge < -0.3 is 14.8 Å². The molecule has 2 N–H and O–H groups in total. The number of halogens is 2. The Morgan fingerprint density at radius 1 is 0.871 bits per heavy atom. The number of sulfonamides is 1. The number of amides is 1. The summed E-state index contributed by atoms with van der Waals surface area (Å²) in [6.45, 7) is 0. The van der Waals surface area contributed by atoms with Gasteiger partial charge in [-0.05, 0) is 48.5 Å². The molecule has 0 aliphatic heterocycles. The van der Waals surface area contributed by atoms with Crippen LogP contribution in [0.1, 0.15) is 10.4 Å². The van der Waals surface area contributed by atoms with Crippen molar-refractivity contribution in [1.82, 2.24) is 0 Å². The number of carbonyl (C=O) groups excluding carboxylic acids is 1. The van der Waals surface area contributed by atoms with Crippen molar-refractivity contribution in [2.24, 2.45) is 0 Å². The molecule has 3 rings (SSSR count). The van der Waals surface area contributed by atoms with Crippen LogP contribution in [0.2, 0.25) is 10.0 Å². The minimum absolute atomic E-state index is 0.0423. The maximum Gasteiger partial charge on any atom is 0.263 e. The third-order valence-electron chi connectivity index (χ3n) is 4.24. The summed E-state index contributed by atoms with van der Waals surface area (Å²) in [5, 5.41) is 3.02. The first-order chi connectivity index (χ1) is 14.7. The number of benzene rings is 3. The molecule has 0 aliphatic rings. The van der Waals surface area contributed by atoms with E-state index in [0.717, 1.165) is 0 Å². The molecule has 0 unspecified atom stereocenters. The van der Waals surface area contributed by atoms with Gasteiger partial charge in [-0.25, -0.2) is 8.42 Å². The standard InChI is InChI=1S/C21H18Cl2N2O5S/c1-29-18-6-4-3-5-16(18)25-31(27,28)20-11-13(7-9-15(20)23)21(26)24-17-12-14(22)8-10-19(17)30-2/h3-12,25H,1-2H3,(H,24,26). The van der Waals surface area contributed by atoms with Gasteiger partial charge in [0, 0.05) is 10.6 Å². The van der Waals surface area contributed by atoms with Gasteiger partial charge in [0.2, 0.25) is 0 Å². The molecule has 7 nitrogen and oxygen atoms in total. The highest BCUT2D eigenvalue weighted by Crippen LogP contribution is 2.31. The summed E-state index contributed by atoms with van der Waals surface area (Å²) < 4.78 is 38.7. The first-order valence-electron chi connectivity index (χ1n) is 8.85. The lowest BCUT2D eigenvalue weighted by molar-refractivity contribution is 0.102. The fourth-order valence-electron chi connectivity index (χ4n) is 2.75. The van der Waals surface area contributed by atoms with E-state index in [1.807, 2.05) is 0 Å². The van der Waals surface area contributed by atoms with Crippen LogP contribution < -0.4 is 19.5 Å². The van der Waals surface area contributed by atoms with Crippen LogP contribution in [0.25, 0.3) is 0 Å². The third-order valence-corrected chi connectivity index (χ3v) is 6.33. The minimum Gasteiger partial charge on any atom is -0.495 e. The monoisotopic (exact) mass is 480 g/mol. The molecule has 0 spiro atoms. The van der Waals surface area contributed by atoms with Gasteiger partial charge >= 0.3 is 0 Å². The lowest BCUT2D eigenvalue weighted by Gasteiger charge is -2.14. The SMILES string of the molecule is COc1ccc(Cl)cc1NC(=O)c1ccc(Cl)c(S(=O)(=O)Nc2ccccc2OC)c1. The zero-order valence-corrected chi connectivity index (χ0v) is 18.8. The number of rotatable bonds is 7. The van der Waals surface area contributed by atoms with Crippen LogP contribution in [0.3, 0.4) is 0 Å². The summed E-state index contributed by atoms with van der Waals surface area (Å²) in [7, 11) is -1.23. The predicted molar refractivity (Wildman–Crippen MR) is 121 cm³/mol. The van der Waals surface area contributed by atoms with E-state index in [2.05, 4.69) is 10.0 Å². The van der Waals surface area contributed by atoms with Crippen LogP contribution in [-0.2, 0) is 10.0 Å². The van der Waals surface area contributed by atoms with Crippen LogP contribution >= 0.6 is 23.2 Å². The Labute approximate surface area is 189 Å². The molecular formula is C21H18Cl2N2O5S. The van der Waals surface area contributed by atoms with Crippen LogP contribution in [-0.4, -0.2) is 28.5 Å². The summed E-state index contributed by atoms with van der Waals surface area (Å²) in [6.07, 6.45) is 0. The molecule has 0 saturated heterocycles. The second-order valence-electron chi connectivity index (χ2n) is 6.25. The largest absolute Gasteiger partial charge is 0.495 e. The zero-order chi connectivity index (χ0) is 22.6. The van der Waals surface area contributed by atoms with E-state index < -0.39 is 15.9 Å². The smallest absolute Gasteiger partial charge is 0.263 e. The van der Waals surface area contributed by atoms with Crippen molar-refractivity contribution in [3.8, 4) is 11.5 Å². The van der Waals surface area contributed by atoms with Gasteiger partial charge in [-0.1, -0.05) is 35.3 Å². The fraction of sp³-hybridized carbons (Fsp3) is 0.0952. The van der Waals surface area contributed by atoms with Crippen LogP contribution in [0.15, 0.2) is 65.6 Å². The quantitative estimate of drug-likeness (QED) is 0.492. The second kappa shape index (κ2) is 9.47. The minimum atomic E-state index is -4.11. The van der Waals surface area contributed by atoms with E-state index in [-0.39, 0.29) is 21.2 Å². The first-order valence-corrected chi connectivity index (χ1v) is 11.1. The molecule has 31 heavy (non-hydrogen) atoms. The van der Waals surface area contributed by atoms with E-state index in [1.165, 1.54) is 38.5 Å². The summed E-state index contributed by atoms with van der Waals surface area (Å²) in [5.74, 6) is 0.174. The number of hydrogen-bond acceptors (Lipinski definition) is 5. The molecule has 0 aromatic heterocycles. The topological polar surface area (TPSA) is 93.7 Å². The Hall–Kier alpha value is -2.94. The van der Waals surface area contributed by atoms with Gasteiger partial charge in [0.05, 0.1) is 30.6 Å². The molecule has 162 valence electrons. The number of anilines is 2. The number of nitrogens with one attached hydrogen (secondary N) is 2. The van der Waals surface area contributed by atoms with Gasteiger partial charge in [0.15, 0.2) is 0 Å². The van der Waals surface area contributed by atoms with Crippen LogP contribution in [0.5, 0.6) is 11.5 Å². The van der Waals surface area contributed by atoms with E-state index in [0.29, 0.717) is 22.2 Å². The molecule has 0 radical (unpaired) electrons. The molecule has 0 atom stereocenters. The maximum atomic E-state index is 12.9. The number of hydrogen-bond donors (Lipinski definition) is 2. The zero-order valence-electron chi connectivity index (χ0n) is 16.5. The molecule has 0 aliphatic carbocycles. The van der Waals surface area contributed by atoms with Crippen molar-refractivity contribution < 1.29 is 22.7 Å². The first kappa shape index (κ1) is 22.7. The van der Waals surface area contributed by atoms with Gasteiger partial charge in [-0.15, -0.1) is 0 Å². The van der Waals surface area contributed by atoms with Crippen LogP contribution in [0.4, 0.5) is 11.4 Å². The molecular weight excluding hydrogens is 463 g/mol. The third kappa shape index (κ3) is 5.22. The predicted octanol–water partition coefficient (Wildman–Crippen LogP) is 5.06. The highest BCUT2D eigenvalue weighted by Gasteiger charge is 2.22. The molecule has 0 fully saturated rings. The van der Waals surface area contributed by atoms with Crippen molar-refractivity contribution in [2.45, 2.75) is 4.90 Å². The number of carbonyl (C=O) groups is 1. The van der Waals surface area contributed by atoms with Crippen LogP contribution in [0, 0.1) is 0 Å². The summed E-state index contributed by atoms with van der Waals surface area (Å²) in [5.41, 5.74) is 0.651. The number of methoxy groups -OCH3 is 2. The molecule has 0 heterocycles. The molecule has 0 saturated carbocycles. The average molecular weight is 481 g/mol. The van der Waals surface area contributed by atoms with Gasteiger partial charge in [-0.2, -0.15) is 0 Å². The van der Waals surface area contributed by atoms with E-state index in [4.69, 9.17) is 32.7 Å².